The third kappa shape index (κ3) is 3.95. The van der Waals surface area contributed by atoms with E-state index in [9.17, 15) is 8.42 Å². The minimum Gasteiger partial charge on any atom is -0.398 e. The van der Waals surface area contributed by atoms with Gasteiger partial charge in [0.25, 0.3) is 0 Å². The monoisotopic (exact) mass is 324 g/mol. The highest BCUT2D eigenvalue weighted by molar-refractivity contribution is 7.89. The summed E-state index contributed by atoms with van der Waals surface area (Å²) >= 11 is 0. The van der Waals surface area contributed by atoms with Gasteiger partial charge in [0.1, 0.15) is 0 Å². The van der Waals surface area contributed by atoms with Crippen molar-refractivity contribution in [2.75, 3.05) is 39.2 Å². The quantitative estimate of drug-likeness (QED) is 0.565. The van der Waals surface area contributed by atoms with Gasteiger partial charge in [-0.3, -0.25) is 0 Å². The highest BCUT2D eigenvalue weighted by atomic mass is 32.2. The first-order chi connectivity index (χ1) is 10.6. The van der Waals surface area contributed by atoms with Crippen LogP contribution in [0.15, 0.2) is 41.3 Å². The standard InChI is InChI=1S/C15H20N2O4S/c1-20-10-11-21-9-8-17-22(18,19)15-7-3-4-12-13(15)5-2-6-14(12)16/h2-7,17H,8-11,16H2,1H3. The lowest BCUT2D eigenvalue weighted by atomic mass is 10.1. The molecule has 0 fully saturated rings. The van der Waals surface area contributed by atoms with Crippen molar-refractivity contribution in [1.82, 2.24) is 4.72 Å². The van der Waals surface area contributed by atoms with Crippen LogP contribution in [0.3, 0.4) is 0 Å². The van der Waals surface area contributed by atoms with Gasteiger partial charge in [-0.05, 0) is 12.1 Å². The highest BCUT2D eigenvalue weighted by Crippen LogP contribution is 2.26. The first-order valence-corrected chi connectivity index (χ1v) is 8.38. The lowest BCUT2D eigenvalue weighted by Crippen LogP contribution is -2.28. The number of nitrogens with one attached hydrogen (secondary N) is 1. The van der Waals surface area contributed by atoms with E-state index >= 15 is 0 Å². The molecule has 0 amide bonds. The van der Waals surface area contributed by atoms with E-state index < -0.39 is 10.0 Å². The largest absolute Gasteiger partial charge is 0.398 e. The average molecular weight is 324 g/mol. The van der Waals surface area contributed by atoms with E-state index in [1.807, 2.05) is 0 Å². The number of benzene rings is 2. The topological polar surface area (TPSA) is 90.6 Å². The number of hydrogen-bond acceptors (Lipinski definition) is 5. The molecule has 0 aromatic heterocycles. The molecule has 7 heteroatoms. The number of ether oxygens (including phenoxy) is 2. The van der Waals surface area contributed by atoms with Crippen LogP contribution < -0.4 is 10.5 Å². The van der Waals surface area contributed by atoms with E-state index in [-0.39, 0.29) is 18.0 Å². The molecule has 0 unspecified atom stereocenters. The van der Waals surface area contributed by atoms with Crippen molar-refractivity contribution in [2.24, 2.45) is 0 Å². The minimum absolute atomic E-state index is 0.199. The third-order valence-corrected chi connectivity index (χ3v) is 4.69. The maximum atomic E-state index is 12.4. The molecule has 0 bridgehead atoms. The summed E-state index contributed by atoms with van der Waals surface area (Å²) in [5.74, 6) is 0. The highest BCUT2D eigenvalue weighted by Gasteiger charge is 2.17. The second-order valence-electron chi connectivity index (χ2n) is 4.70. The molecule has 0 heterocycles. The zero-order valence-electron chi connectivity index (χ0n) is 12.4. The van der Waals surface area contributed by atoms with Crippen LogP contribution in [-0.4, -0.2) is 41.9 Å². The summed E-state index contributed by atoms with van der Waals surface area (Å²) in [6, 6.07) is 10.3. The summed E-state index contributed by atoms with van der Waals surface area (Å²) in [7, 11) is -2.03. The van der Waals surface area contributed by atoms with Crippen LogP contribution in [0.5, 0.6) is 0 Å². The molecule has 0 aliphatic rings. The Morgan fingerprint density at radius 3 is 2.55 bits per heavy atom. The van der Waals surface area contributed by atoms with Crippen LogP contribution in [0, 0.1) is 0 Å². The second-order valence-corrected chi connectivity index (χ2v) is 6.44. The molecule has 0 spiro atoms. The van der Waals surface area contributed by atoms with Gasteiger partial charge in [-0.1, -0.05) is 24.3 Å². The molecule has 3 N–H and O–H groups in total. The maximum Gasteiger partial charge on any atom is 0.241 e. The fraction of sp³-hybridized carbons (Fsp3) is 0.333. The fourth-order valence-electron chi connectivity index (χ4n) is 2.11. The van der Waals surface area contributed by atoms with E-state index in [1.165, 1.54) is 0 Å². The second kappa shape index (κ2) is 7.55. The Kier molecular flexibility index (Phi) is 5.73. The van der Waals surface area contributed by atoms with Crippen LogP contribution in [0.1, 0.15) is 0 Å². The Morgan fingerprint density at radius 2 is 1.77 bits per heavy atom. The number of sulfonamides is 1. The Balaban J connectivity index is 2.11. The molecule has 6 nitrogen and oxygen atoms in total. The van der Waals surface area contributed by atoms with E-state index in [0.29, 0.717) is 24.3 Å². The molecule has 0 aliphatic heterocycles. The molecule has 120 valence electrons. The number of anilines is 1. The summed E-state index contributed by atoms with van der Waals surface area (Å²) in [5.41, 5.74) is 6.44. The normalized spacial score (nSPS) is 11.9. The summed E-state index contributed by atoms with van der Waals surface area (Å²) in [5, 5.41) is 1.33. The molecule has 0 atom stereocenters. The van der Waals surface area contributed by atoms with Crippen molar-refractivity contribution >= 4 is 26.5 Å². The molecular weight excluding hydrogens is 304 g/mol. The molecule has 0 aliphatic carbocycles. The lowest BCUT2D eigenvalue weighted by molar-refractivity contribution is 0.0736. The van der Waals surface area contributed by atoms with Gasteiger partial charge < -0.3 is 15.2 Å². The third-order valence-electron chi connectivity index (χ3n) is 3.18. The van der Waals surface area contributed by atoms with Crippen molar-refractivity contribution in [2.45, 2.75) is 4.90 Å². The number of fused-ring (bicyclic) bond motifs is 1. The molecular formula is C15H20N2O4S. The Bertz CT molecular complexity index is 731. The van der Waals surface area contributed by atoms with Gasteiger partial charge in [0, 0.05) is 30.1 Å². The van der Waals surface area contributed by atoms with Crippen molar-refractivity contribution in [3.05, 3.63) is 36.4 Å². The molecule has 0 saturated carbocycles. The smallest absolute Gasteiger partial charge is 0.241 e. The summed E-state index contributed by atoms with van der Waals surface area (Å²) in [6.45, 7) is 1.40. The zero-order chi connectivity index (χ0) is 16.0. The van der Waals surface area contributed by atoms with Gasteiger partial charge in [-0.2, -0.15) is 0 Å². The summed E-state index contributed by atoms with van der Waals surface area (Å²) in [4.78, 5) is 0.217. The van der Waals surface area contributed by atoms with Gasteiger partial charge in [0.05, 0.1) is 24.7 Å². The predicted molar refractivity (Wildman–Crippen MR) is 86.2 cm³/mol. The lowest BCUT2D eigenvalue weighted by Gasteiger charge is -2.11. The Hall–Kier alpha value is -1.67. The number of nitrogens with two attached hydrogens (primary N) is 1. The van der Waals surface area contributed by atoms with Crippen molar-refractivity contribution in [3.8, 4) is 0 Å². The fourth-order valence-corrected chi connectivity index (χ4v) is 3.34. The van der Waals surface area contributed by atoms with Crippen LogP contribution in [0.2, 0.25) is 0 Å². The van der Waals surface area contributed by atoms with Crippen molar-refractivity contribution in [3.63, 3.8) is 0 Å². The van der Waals surface area contributed by atoms with E-state index in [2.05, 4.69) is 4.72 Å². The number of rotatable bonds is 8. The average Bonchev–Trinajstić information content (AvgIpc) is 2.50. The van der Waals surface area contributed by atoms with Crippen molar-refractivity contribution < 1.29 is 17.9 Å². The summed E-state index contributed by atoms with van der Waals surface area (Å²) < 4.78 is 37.4. The van der Waals surface area contributed by atoms with Gasteiger partial charge in [-0.25, -0.2) is 13.1 Å². The molecule has 0 saturated heterocycles. The van der Waals surface area contributed by atoms with Gasteiger partial charge in [0.15, 0.2) is 0 Å². The first kappa shape index (κ1) is 16.7. The predicted octanol–water partition coefficient (Wildman–Crippen LogP) is 1.36. The van der Waals surface area contributed by atoms with Crippen molar-refractivity contribution in [1.29, 1.82) is 0 Å². The van der Waals surface area contributed by atoms with E-state index in [1.54, 1.807) is 43.5 Å². The first-order valence-electron chi connectivity index (χ1n) is 6.90. The van der Waals surface area contributed by atoms with Gasteiger partial charge in [-0.15, -0.1) is 0 Å². The molecule has 2 rings (SSSR count). The Labute approximate surface area is 130 Å². The molecule has 2 aromatic rings. The SMILES string of the molecule is COCCOCCNS(=O)(=O)c1cccc2c(N)cccc12. The maximum absolute atomic E-state index is 12.4. The molecule has 2 aromatic carbocycles. The van der Waals surface area contributed by atoms with Crippen LogP contribution in [0.25, 0.3) is 10.8 Å². The van der Waals surface area contributed by atoms with E-state index in [4.69, 9.17) is 15.2 Å². The van der Waals surface area contributed by atoms with Gasteiger partial charge in [0.2, 0.25) is 10.0 Å². The van der Waals surface area contributed by atoms with Gasteiger partial charge >= 0.3 is 0 Å². The number of hydrogen-bond donors (Lipinski definition) is 2. The van der Waals surface area contributed by atoms with Crippen LogP contribution in [-0.2, 0) is 19.5 Å². The molecule has 22 heavy (non-hydrogen) atoms. The summed E-state index contributed by atoms with van der Waals surface area (Å²) in [6.07, 6.45) is 0. The Morgan fingerprint density at radius 1 is 1.05 bits per heavy atom. The number of methoxy groups -OCH3 is 1. The van der Waals surface area contributed by atoms with Crippen LogP contribution in [0.4, 0.5) is 5.69 Å². The zero-order valence-corrected chi connectivity index (χ0v) is 13.2. The minimum atomic E-state index is -3.61. The molecule has 0 radical (unpaired) electrons. The van der Waals surface area contributed by atoms with E-state index in [0.717, 1.165) is 5.39 Å². The van der Waals surface area contributed by atoms with Crippen LogP contribution >= 0.6 is 0 Å². The number of nitrogen functional groups attached to an aromatic ring is 1.